The number of carbonyl (C=O) groups is 2. The highest BCUT2D eigenvalue weighted by molar-refractivity contribution is 6.05. The number of methoxy groups -OCH3 is 1. The molecule has 0 aliphatic rings. The summed E-state index contributed by atoms with van der Waals surface area (Å²) < 4.78 is 5.14. The van der Waals surface area contributed by atoms with Crippen molar-refractivity contribution >= 4 is 17.5 Å². The molecule has 3 aromatic rings. The van der Waals surface area contributed by atoms with Crippen molar-refractivity contribution in [3.05, 3.63) is 89.7 Å². The normalized spacial score (nSPS) is 10.1. The SMILES string of the molecule is COc1cccc(NC(=O)c2ccc(C(=O)NCc3ccccn3)cc2)c1. The molecule has 2 N–H and O–H groups in total. The third kappa shape index (κ3) is 4.92. The Morgan fingerprint density at radius 1 is 0.926 bits per heavy atom. The van der Waals surface area contributed by atoms with Crippen molar-refractivity contribution in [3.8, 4) is 5.75 Å². The Hall–Kier alpha value is -3.67. The second-order valence-electron chi connectivity index (χ2n) is 5.77. The van der Waals surface area contributed by atoms with Gasteiger partial charge in [-0.05, 0) is 48.5 Å². The summed E-state index contributed by atoms with van der Waals surface area (Å²) in [5.74, 6) is 0.178. The summed E-state index contributed by atoms with van der Waals surface area (Å²) in [6.45, 7) is 0.345. The van der Waals surface area contributed by atoms with Gasteiger partial charge in [-0.2, -0.15) is 0 Å². The number of aromatic nitrogens is 1. The summed E-state index contributed by atoms with van der Waals surface area (Å²) in [4.78, 5) is 28.7. The lowest BCUT2D eigenvalue weighted by atomic mass is 10.1. The van der Waals surface area contributed by atoms with Gasteiger partial charge in [0.1, 0.15) is 5.75 Å². The van der Waals surface area contributed by atoms with Gasteiger partial charge in [0.05, 0.1) is 19.3 Å². The number of hydrogen-bond acceptors (Lipinski definition) is 4. The number of amides is 2. The second-order valence-corrected chi connectivity index (χ2v) is 5.77. The number of rotatable bonds is 6. The van der Waals surface area contributed by atoms with Gasteiger partial charge in [-0.25, -0.2) is 0 Å². The fourth-order valence-electron chi connectivity index (χ4n) is 2.45. The number of benzene rings is 2. The maximum absolute atomic E-state index is 12.3. The van der Waals surface area contributed by atoms with Crippen LogP contribution in [-0.4, -0.2) is 23.9 Å². The van der Waals surface area contributed by atoms with Gasteiger partial charge < -0.3 is 15.4 Å². The molecule has 0 saturated carbocycles. The topological polar surface area (TPSA) is 80.3 Å². The third-order valence-corrected chi connectivity index (χ3v) is 3.89. The van der Waals surface area contributed by atoms with E-state index >= 15 is 0 Å². The molecular weight excluding hydrogens is 342 g/mol. The molecule has 0 bridgehead atoms. The van der Waals surface area contributed by atoms with Gasteiger partial charge in [-0.15, -0.1) is 0 Å². The first-order valence-electron chi connectivity index (χ1n) is 8.39. The maximum Gasteiger partial charge on any atom is 0.255 e. The van der Waals surface area contributed by atoms with Crippen LogP contribution in [0.3, 0.4) is 0 Å². The lowest BCUT2D eigenvalue weighted by Crippen LogP contribution is -2.23. The van der Waals surface area contributed by atoms with Crippen LogP contribution in [0.1, 0.15) is 26.4 Å². The number of nitrogens with zero attached hydrogens (tertiary/aromatic N) is 1. The molecule has 2 amide bonds. The van der Waals surface area contributed by atoms with Gasteiger partial charge in [0, 0.05) is 29.1 Å². The first-order valence-corrected chi connectivity index (χ1v) is 8.39. The summed E-state index contributed by atoms with van der Waals surface area (Å²) in [7, 11) is 1.57. The summed E-state index contributed by atoms with van der Waals surface area (Å²) in [6, 6.07) is 19.1. The van der Waals surface area contributed by atoms with Gasteiger partial charge in [0.15, 0.2) is 0 Å². The number of anilines is 1. The lowest BCUT2D eigenvalue weighted by molar-refractivity contribution is 0.0948. The Morgan fingerprint density at radius 3 is 2.33 bits per heavy atom. The second kappa shape index (κ2) is 8.62. The van der Waals surface area contributed by atoms with Gasteiger partial charge >= 0.3 is 0 Å². The molecule has 0 aliphatic carbocycles. The van der Waals surface area contributed by atoms with E-state index in [9.17, 15) is 9.59 Å². The molecule has 0 atom stereocenters. The quantitative estimate of drug-likeness (QED) is 0.706. The van der Waals surface area contributed by atoms with Crippen molar-refractivity contribution in [2.45, 2.75) is 6.54 Å². The van der Waals surface area contributed by atoms with Crippen molar-refractivity contribution in [1.29, 1.82) is 0 Å². The van der Waals surface area contributed by atoms with Gasteiger partial charge in [0.2, 0.25) is 0 Å². The first kappa shape index (κ1) is 18.1. The van der Waals surface area contributed by atoms with E-state index < -0.39 is 0 Å². The molecule has 1 aromatic heterocycles. The number of carbonyl (C=O) groups excluding carboxylic acids is 2. The molecule has 0 aliphatic heterocycles. The van der Waals surface area contributed by atoms with Crippen LogP contribution in [0.4, 0.5) is 5.69 Å². The Morgan fingerprint density at radius 2 is 1.67 bits per heavy atom. The standard InChI is InChI=1S/C21H19N3O3/c1-27-19-7-4-6-17(13-19)24-21(26)16-10-8-15(9-11-16)20(25)23-14-18-5-2-3-12-22-18/h2-13H,14H2,1H3,(H,23,25)(H,24,26). The molecule has 0 radical (unpaired) electrons. The Labute approximate surface area is 157 Å². The number of hydrogen-bond donors (Lipinski definition) is 2. The van der Waals surface area contributed by atoms with Crippen LogP contribution in [0.25, 0.3) is 0 Å². The van der Waals surface area contributed by atoms with Gasteiger partial charge in [-0.1, -0.05) is 12.1 Å². The van der Waals surface area contributed by atoms with Crippen molar-refractivity contribution < 1.29 is 14.3 Å². The number of nitrogens with one attached hydrogen (secondary N) is 2. The van der Waals surface area contributed by atoms with Crippen molar-refractivity contribution in [3.63, 3.8) is 0 Å². The van der Waals surface area contributed by atoms with E-state index in [2.05, 4.69) is 15.6 Å². The minimum atomic E-state index is -0.260. The predicted molar refractivity (Wildman–Crippen MR) is 103 cm³/mol. The molecule has 136 valence electrons. The van der Waals surface area contributed by atoms with Crippen molar-refractivity contribution in [2.24, 2.45) is 0 Å². The molecule has 0 saturated heterocycles. The zero-order chi connectivity index (χ0) is 19.1. The highest BCUT2D eigenvalue weighted by atomic mass is 16.5. The molecule has 0 fully saturated rings. The molecule has 3 rings (SSSR count). The summed E-state index contributed by atoms with van der Waals surface area (Å²) in [5.41, 5.74) is 2.35. The number of pyridine rings is 1. The van der Waals surface area contributed by atoms with Crippen molar-refractivity contribution in [1.82, 2.24) is 10.3 Å². The smallest absolute Gasteiger partial charge is 0.255 e. The van der Waals surface area contributed by atoms with E-state index in [1.54, 1.807) is 61.8 Å². The van der Waals surface area contributed by atoms with Crippen LogP contribution >= 0.6 is 0 Å². The first-order chi connectivity index (χ1) is 13.2. The summed E-state index contributed by atoms with van der Waals surface area (Å²) >= 11 is 0. The fraction of sp³-hybridized carbons (Fsp3) is 0.0952. The van der Waals surface area contributed by atoms with Crippen LogP contribution in [0.2, 0.25) is 0 Å². The average molecular weight is 361 g/mol. The minimum Gasteiger partial charge on any atom is -0.497 e. The average Bonchev–Trinajstić information content (AvgIpc) is 2.73. The van der Waals surface area contributed by atoms with Crippen LogP contribution in [-0.2, 0) is 6.54 Å². The summed E-state index contributed by atoms with van der Waals surface area (Å²) in [6.07, 6.45) is 1.68. The van der Waals surface area contributed by atoms with Crippen LogP contribution in [0, 0.1) is 0 Å². The van der Waals surface area contributed by atoms with E-state index in [-0.39, 0.29) is 11.8 Å². The Balaban J connectivity index is 1.60. The predicted octanol–water partition coefficient (Wildman–Crippen LogP) is 3.27. The highest BCUT2D eigenvalue weighted by Crippen LogP contribution is 2.17. The minimum absolute atomic E-state index is 0.222. The van der Waals surface area contributed by atoms with Gasteiger partial charge in [0.25, 0.3) is 11.8 Å². The molecule has 2 aromatic carbocycles. The number of ether oxygens (including phenoxy) is 1. The van der Waals surface area contributed by atoms with E-state index in [1.165, 1.54) is 0 Å². The van der Waals surface area contributed by atoms with E-state index in [0.717, 1.165) is 5.69 Å². The molecule has 27 heavy (non-hydrogen) atoms. The van der Waals surface area contributed by atoms with Crippen LogP contribution in [0.5, 0.6) is 5.75 Å². The Bertz CT molecular complexity index is 925. The zero-order valence-electron chi connectivity index (χ0n) is 14.8. The fourth-order valence-corrected chi connectivity index (χ4v) is 2.45. The largest absolute Gasteiger partial charge is 0.497 e. The van der Waals surface area contributed by atoms with Crippen molar-refractivity contribution in [2.75, 3.05) is 12.4 Å². The summed E-state index contributed by atoms with van der Waals surface area (Å²) in [5, 5.41) is 5.60. The molecule has 1 heterocycles. The van der Waals surface area contributed by atoms with E-state index in [4.69, 9.17) is 4.74 Å². The van der Waals surface area contributed by atoms with E-state index in [0.29, 0.717) is 29.1 Å². The third-order valence-electron chi connectivity index (χ3n) is 3.89. The molecule has 6 heteroatoms. The van der Waals surface area contributed by atoms with Crippen LogP contribution in [0.15, 0.2) is 72.9 Å². The van der Waals surface area contributed by atoms with E-state index in [1.807, 2.05) is 18.2 Å². The molecule has 0 unspecified atom stereocenters. The lowest BCUT2D eigenvalue weighted by Gasteiger charge is -2.08. The monoisotopic (exact) mass is 361 g/mol. The molecule has 0 spiro atoms. The maximum atomic E-state index is 12.3. The van der Waals surface area contributed by atoms with Crippen LogP contribution < -0.4 is 15.4 Å². The van der Waals surface area contributed by atoms with Gasteiger partial charge in [-0.3, -0.25) is 14.6 Å². The molecule has 6 nitrogen and oxygen atoms in total. The molecular formula is C21H19N3O3. The highest BCUT2D eigenvalue weighted by Gasteiger charge is 2.10. The Kier molecular flexibility index (Phi) is 5.79. The zero-order valence-corrected chi connectivity index (χ0v) is 14.8.